The molecule has 1 fully saturated rings. The third-order valence-corrected chi connectivity index (χ3v) is 6.17. The maximum absolute atomic E-state index is 13.7. The third-order valence-electron chi connectivity index (χ3n) is 4.23. The fraction of sp³-hybridized carbons (Fsp3) is 0.167. The van der Waals surface area contributed by atoms with Gasteiger partial charge in [0, 0.05) is 0 Å². The number of para-hydroxylation sites is 2. The van der Waals surface area contributed by atoms with Crippen LogP contribution >= 0.6 is 22.7 Å². The lowest BCUT2D eigenvalue weighted by molar-refractivity contribution is 0.0178. The first-order chi connectivity index (χ1) is 12.7. The number of halogens is 1. The summed E-state index contributed by atoms with van der Waals surface area (Å²) in [5, 5.41) is 0.925. The first kappa shape index (κ1) is 15.7. The number of thiazole rings is 2. The standard InChI is InChI=1S/C18H12FN3O2S2/c19-11-4-3-7-14-15(11)21-18(26-14)24-10-8-22(9-10)17(23)16-20-12-5-1-2-6-13(12)25-16/h1-7,10H,8-9H2. The van der Waals surface area contributed by atoms with E-state index >= 15 is 0 Å². The Bertz CT molecular complexity index is 1100. The molecule has 1 aliphatic rings. The minimum absolute atomic E-state index is 0.0820. The number of carbonyl (C=O) groups is 1. The second kappa shape index (κ2) is 6.00. The Hall–Kier alpha value is -2.58. The molecule has 0 unspecified atom stereocenters. The Morgan fingerprint density at radius 1 is 1.08 bits per heavy atom. The van der Waals surface area contributed by atoms with Crippen LogP contribution in [0.5, 0.6) is 5.19 Å². The van der Waals surface area contributed by atoms with E-state index in [2.05, 4.69) is 9.97 Å². The molecule has 2 aromatic carbocycles. The molecule has 5 rings (SSSR count). The van der Waals surface area contributed by atoms with Crippen LogP contribution in [0.3, 0.4) is 0 Å². The van der Waals surface area contributed by atoms with E-state index in [-0.39, 0.29) is 17.8 Å². The number of benzene rings is 2. The molecule has 0 aliphatic carbocycles. The number of amides is 1. The zero-order valence-corrected chi connectivity index (χ0v) is 15.0. The highest BCUT2D eigenvalue weighted by atomic mass is 32.1. The molecule has 3 heterocycles. The molecule has 4 aromatic rings. The van der Waals surface area contributed by atoms with Crippen molar-refractivity contribution in [2.75, 3.05) is 13.1 Å². The molecule has 0 atom stereocenters. The summed E-state index contributed by atoms with van der Waals surface area (Å²) in [7, 11) is 0. The minimum Gasteiger partial charge on any atom is -0.463 e. The monoisotopic (exact) mass is 385 g/mol. The second-order valence-corrected chi connectivity index (χ2v) is 8.03. The number of ether oxygens (including phenoxy) is 1. The van der Waals surface area contributed by atoms with Gasteiger partial charge in [0.2, 0.25) is 0 Å². The number of hydrogen-bond donors (Lipinski definition) is 0. The van der Waals surface area contributed by atoms with Crippen molar-refractivity contribution in [3.8, 4) is 5.19 Å². The van der Waals surface area contributed by atoms with Crippen LogP contribution in [0.15, 0.2) is 42.5 Å². The van der Waals surface area contributed by atoms with Crippen LogP contribution in [0, 0.1) is 5.82 Å². The predicted octanol–water partition coefficient (Wildman–Crippen LogP) is 3.95. The van der Waals surface area contributed by atoms with E-state index in [0.717, 1.165) is 14.9 Å². The van der Waals surface area contributed by atoms with Gasteiger partial charge in [-0.3, -0.25) is 4.79 Å². The molecule has 0 saturated carbocycles. The summed E-state index contributed by atoms with van der Waals surface area (Å²) in [6, 6.07) is 12.5. The van der Waals surface area contributed by atoms with Crippen LogP contribution in [-0.4, -0.2) is 40.0 Å². The van der Waals surface area contributed by atoms with Gasteiger partial charge < -0.3 is 9.64 Å². The van der Waals surface area contributed by atoms with Gasteiger partial charge in [0.05, 0.1) is 28.0 Å². The molecule has 0 spiro atoms. The molecule has 8 heteroatoms. The summed E-state index contributed by atoms with van der Waals surface area (Å²) in [4.78, 5) is 22.8. The van der Waals surface area contributed by atoms with E-state index in [4.69, 9.17) is 4.74 Å². The van der Waals surface area contributed by atoms with Gasteiger partial charge >= 0.3 is 0 Å². The summed E-state index contributed by atoms with van der Waals surface area (Å²) in [6.45, 7) is 0.959. The van der Waals surface area contributed by atoms with Crippen LogP contribution in [0.2, 0.25) is 0 Å². The highest BCUT2D eigenvalue weighted by Crippen LogP contribution is 2.31. The zero-order chi connectivity index (χ0) is 17.7. The van der Waals surface area contributed by atoms with E-state index in [1.165, 1.54) is 28.7 Å². The average Bonchev–Trinajstić information content (AvgIpc) is 3.21. The molecule has 0 bridgehead atoms. The Kier molecular flexibility index (Phi) is 3.61. The predicted molar refractivity (Wildman–Crippen MR) is 99.5 cm³/mol. The fourth-order valence-corrected chi connectivity index (χ4v) is 4.69. The Labute approximate surface area is 155 Å². The van der Waals surface area contributed by atoms with Crippen molar-refractivity contribution in [2.45, 2.75) is 6.10 Å². The van der Waals surface area contributed by atoms with Gasteiger partial charge in [0.1, 0.15) is 17.4 Å². The number of rotatable bonds is 3. The van der Waals surface area contributed by atoms with E-state index in [9.17, 15) is 9.18 Å². The van der Waals surface area contributed by atoms with Crippen LogP contribution in [0.1, 0.15) is 9.80 Å². The maximum atomic E-state index is 13.7. The number of hydrogen-bond acceptors (Lipinski definition) is 6. The molecule has 5 nitrogen and oxygen atoms in total. The first-order valence-corrected chi connectivity index (χ1v) is 9.67. The molecular weight excluding hydrogens is 373 g/mol. The lowest BCUT2D eigenvalue weighted by atomic mass is 10.1. The summed E-state index contributed by atoms with van der Waals surface area (Å²) < 4.78 is 21.3. The molecule has 130 valence electrons. The smallest absolute Gasteiger partial charge is 0.283 e. The van der Waals surface area contributed by atoms with E-state index < -0.39 is 0 Å². The largest absolute Gasteiger partial charge is 0.463 e. The van der Waals surface area contributed by atoms with Crippen LogP contribution in [0.4, 0.5) is 4.39 Å². The van der Waals surface area contributed by atoms with Gasteiger partial charge in [-0.2, -0.15) is 4.98 Å². The second-order valence-electron chi connectivity index (χ2n) is 6.00. The summed E-state index contributed by atoms with van der Waals surface area (Å²) in [5.41, 5.74) is 1.17. The molecule has 2 aromatic heterocycles. The number of nitrogens with zero attached hydrogens (tertiary/aromatic N) is 3. The highest BCUT2D eigenvalue weighted by molar-refractivity contribution is 7.20. The molecule has 26 heavy (non-hydrogen) atoms. The van der Waals surface area contributed by atoms with Gasteiger partial charge in [-0.1, -0.05) is 29.5 Å². The first-order valence-electron chi connectivity index (χ1n) is 8.04. The third kappa shape index (κ3) is 2.62. The van der Waals surface area contributed by atoms with Crippen molar-refractivity contribution in [3.05, 3.63) is 53.3 Å². The van der Waals surface area contributed by atoms with Crippen molar-refractivity contribution in [1.29, 1.82) is 0 Å². The molecule has 1 saturated heterocycles. The molecular formula is C18H12FN3O2S2. The van der Waals surface area contributed by atoms with Crippen LogP contribution in [-0.2, 0) is 0 Å². The van der Waals surface area contributed by atoms with Crippen LogP contribution < -0.4 is 4.74 Å². The molecule has 1 amide bonds. The summed E-state index contributed by atoms with van der Waals surface area (Å²) in [6.07, 6.45) is -0.128. The van der Waals surface area contributed by atoms with Gasteiger partial charge in [-0.25, -0.2) is 9.37 Å². The number of aromatic nitrogens is 2. The summed E-state index contributed by atoms with van der Waals surface area (Å²) >= 11 is 2.71. The Balaban J connectivity index is 1.26. The Morgan fingerprint density at radius 2 is 1.88 bits per heavy atom. The molecule has 0 N–H and O–H groups in total. The maximum Gasteiger partial charge on any atom is 0.283 e. The van der Waals surface area contributed by atoms with E-state index in [1.807, 2.05) is 30.3 Å². The van der Waals surface area contributed by atoms with Gasteiger partial charge in [-0.05, 0) is 24.3 Å². The normalized spacial score (nSPS) is 14.7. The molecule has 1 aliphatic heterocycles. The SMILES string of the molecule is O=C(c1nc2ccccc2s1)N1CC(Oc2nc3c(F)cccc3s2)C1. The van der Waals surface area contributed by atoms with E-state index in [1.54, 1.807) is 11.0 Å². The van der Waals surface area contributed by atoms with Crippen molar-refractivity contribution >= 4 is 49.0 Å². The minimum atomic E-state index is -0.352. The van der Waals surface area contributed by atoms with Gasteiger partial charge in [0.25, 0.3) is 11.1 Å². The van der Waals surface area contributed by atoms with E-state index in [0.29, 0.717) is 28.8 Å². The fourth-order valence-electron chi connectivity index (χ4n) is 2.87. The van der Waals surface area contributed by atoms with Gasteiger partial charge in [-0.15, -0.1) is 11.3 Å². The Morgan fingerprint density at radius 3 is 2.69 bits per heavy atom. The molecule has 0 radical (unpaired) electrons. The summed E-state index contributed by atoms with van der Waals surface area (Å²) in [5.74, 6) is -0.434. The van der Waals surface area contributed by atoms with Crippen LogP contribution in [0.25, 0.3) is 20.4 Å². The van der Waals surface area contributed by atoms with Crippen molar-refractivity contribution < 1.29 is 13.9 Å². The van der Waals surface area contributed by atoms with Crippen molar-refractivity contribution in [1.82, 2.24) is 14.9 Å². The number of likely N-dealkylation sites (tertiary alicyclic amines) is 1. The topological polar surface area (TPSA) is 55.3 Å². The lowest BCUT2D eigenvalue weighted by Gasteiger charge is -2.37. The van der Waals surface area contributed by atoms with Crippen molar-refractivity contribution in [3.63, 3.8) is 0 Å². The average molecular weight is 385 g/mol. The number of fused-ring (bicyclic) bond motifs is 2. The zero-order valence-electron chi connectivity index (χ0n) is 13.4. The number of carbonyl (C=O) groups excluding carboxylic acids is 1. The van der Waals surface area contributed by atoms with Gasteiger partial charge in [0.15, 0.2) is 5.01 Å². The quantitative estimate of drug-likeness (QED) is 0.536. The highest BCUT2D eigenvalue weighted by Gasteiger charge is 2.34. The lowest BCUT2D eigenvalue weighted by Crippen LogP contribution is -2.56. The van der Waals surface area contributed by atoms with Crippen molar-refractivity contribution in [2.24, 2.45) is 0 Å².